The standard InChI is InChI=1S/C8H16O/c1-7-5-4-6-8(2,3)9-7/h7H,4-6H2,1-3H3/t7-/m0/s1. The van der Waals surface area contributed by atoms with Crippen LogP contribution in [0.4, 0.5) is 0 Å². The van der Waals surface area contributed by atoms with E-state index in [1.54, 1.807) is 0 Å². The van der Waals surface area contributed by atoms with Crippen LogP contribution in [0.25, 0.3) is 0 Å². The Labute approximate surface area is 57.4 Å². The molecule has 1 heterocycles. The summed E-state index contributed by atoms with van der Waals surface area (Å²) in [6.07, 6.45) is 4.27. The molecule has 0 saturated carbocycles. The molecule has 1 rings (SSSR count). The van der Waals surface area contributed by atoms with Gasteiger partial charge in [0.15, 0.2) is 0 Å². The molecule has 1 aliphatic heterocycles. The Balaban J connectivity index is 2.41. The van der Waals surface area contributed by atoms with Crippen molar-refractivity contribution in [2.45, 2.75) is 51.7 Å². The van der Waals surface area contributed by atoms with Crippen LogP contribution in [0.15, 0.2) is 0 Å². The highest BCUT2D eigenvalue weighted by atomic mass is 16.5. The summed E-state index contributed by atoms with van der Waals surface area (Å²) in [6.45, 7) is 6.49. The van der Waals surface area contributed by atoms with E-state index in [9.17, 15) is 0 Å². The molecule has 1 heteroatoms. The van der Waals surface area contributed by atoms with E-state index in [1.165, 1.54) is 19.3 Å². The highest BCUT2D eigenvalue weighted by molar-refractivity contribution is 4.75. The Morgan fingerprint density at radius 2 is 2.11 bits per heavy atom. The number of hydrogen-bond acceptors (Lipinski definition) is 1. The SMILES string of the molecule is C[C@H]1CCCC(C)(C)O1. The molecule has 1 atom stereocenters. The van der Waals surface area contributed by atoms with Gasteiger partial charge in [-0.15, -0.1) is 0 Å². The van der Waals surface area contributed by atoms with E-state index in [0.29, 0.717) is 6.10 Å². The average molecular weight is 128 g/mol. The number of rotatable bonds is 0. The molecule has 0 N–H and O–H groups in total. The second-order valence-corrected chi connectivity index (χ2v) is 3.58. The molecule has 0 amide bonds. The van der Waals surface area contributed by atoms with E-state index >= 15 is 0 Å². The quantitative estimate of drug-likeness (QED) is 0.486. The minimum absolute atomic E-state index is 0.150. The molecule has 1 fully saturated rings. The largest absolute Gasteiger partial charge is 0.373 e. The molecule has 0 spiro atoms. The summed E-state index contributed by atoms with van der Waals surface area (Å²) in [5, 5.41) is 0. The third kappa shape index (κ3) is 1.98. The van der Waals surface area contributed by atoms with Crippen molar-refractivity contribution >= 4 is 0 Å². The fourth-order valence-electron chi connectivity index (χ4n) is 1.48. The molecule has 0 unspecified atom stereocenters. The summed E-state index contributed by atoms with van der Waals surface area (Å²) in [4.78, 5) is 0. The summed E-state index contributed by atoms with van der Waals surface area (Å²) >= 11 is 0. The molecule has 1 nitrogen and oxygen atoms in total. The van der Waals surface area contributed by atoms with Crippen molar-refractivity contribution < 1.29 is 4.74 Å². The van der Waals surface area contributed by atoms with Gasteiger partial charge in [-0.05, 0) is 40.0 Å². The van der Waals surface area contributed by atoms with Crippen LogP contribution in [0.2, 0.25) is 0 Å². The first-order valence-corrected chi connectivity index (χ1v) is 3.78. The van der Waals surface area contributed by atoms with Crippen LogP contribution in [0.1, 0.15) is 40.0 Å². The lowest BCUT2D eigenvalue weighted by Gasteiger charge is -2.34. The topological polar surface area (TPSA) is 9.23 Å². The van der Waals surface area contributed by atoms with Crippen LogP contribution >= 0.6 is 0 Å². The lowest BCUT2D eigenvalue weighted by atomic mass is 9.96. The van der Waals surface area contributed by atoms with Crippen LogP contribution < -0.4 is 0 Å². The fourth-order valence-corrected chi connectivity index (χ4v) is 1.48. The van der Waals surface area contributed by atoms with Gasteiger partial charge in [0, 0.05) is 0 Å². The van der Waals surface area contributed by atoms with Crippen molar-refractivity contribution in [3.05, 3.63) is 0 Å². The molecule has 0 aliphatic carbocycles. The van der Waals surface area contributed by atoms with Crippen molar-refractivity contribution in [2.24, 2.45) is 0 Å². The summed E-state index contributed by atoms with van der Waals surface area (Å²) < 4.78 is 5.67. The summed E-state index contributed by atoms with van der Waals surface area (Å²) in [5.74, 6) is 0. The van der Waals surface area contributed by atoms with Crippen LogP contribution in [-0.2, 0) is 4.74 Å². The van der Waals surface area contributed by atoms with Crippen molar-refractivity contribution in [1.29, 1.82) is 0 Å². The smallest absolute Gasteiger partial charge is 0.0630 e. The van der Waals surface area contributed by atoms with Crippen LogP contribution in [0.5, 0.6) is 0 Å². The highest BCUT2D eigenvalue weighted by Crippen LogP contribution is 2.27. The first-order chi connectivity index (χ1) is 4.10. The number of ether oxygens (including phenoxy) is 1. The van der Waals surface area contributed by atoms with E-state index < -0.39 is 0 Å². The van der Waals surface area contributed by atoms with E-state index in [-0.39, 0.29) is 5.60 Å². The lowest BCUT2D eigenvalue weighted by Crippen LogP contribution is -2.33. The summed E-state index contributed by atoms with van der Waals surface area (Å²) in [7, 11) is 0. The first-order valence-electron chi connectivity index (χ1n) is 3.78. The van der Waals surface area contributed by atoms with Gasteiger partial charge in [-0.1, -0.05) is 0 Å². The summed E-state index contributed by atoms with van der Waals surface area (Å²) in [5.41, 5.74) is 0.150. The molecular formula is C8H16O. The monoisotopic (exact) mass is 128 g/mol. The Hall–Kier alpha value is -0.0400. The predicted octanol–water partition coefficient (Wildman–Crippen LogP) is 2.35. The minimum atomic E-state index is 0.150. The van der Waals surface area contributed by atoms with Gasteiger partial charge in [0.1, 0.15) is 0 Å². The van der Waals surface area contributed by atoms with Crippen molar-refractivity contribution in [2.75, 3.05) is 0 Å². The maximum absolute atomic E-state index is 5.67. The molecule has 1 saturated heterocycles. The Morgan fingerprint density at radius 1 is 1.44 bits per heavy atom. The molecule has 0 radical (unpaired) electrons. The fraction of sp³-hybridized carbons (Fsp3) is 1.00. The average Bonchev–Trinajstić information content (AvgIpc) is 1.60. The van der Waals surface area contributed by atoms with Crippen LogP contribution in [-0.4, -0.2) is 11.7 Å². The highest BCUT2D eigenvalue weighted by Gasteiger charge is 2.25. The number of hydrogen-bond donors (Lipinski definition) is 0. The molecular weight excluding hydrogens is 112 g/mol. The van der Waals surface area contributed by atoms with Gasteiger partial charge in [-0.3, -0.25) is 0 Å². The maximum atomic E-state index is 5.67. The summed E-state index contributed by atoms with van der Waals surface area (Å²) in [6, 6.07) is 0. The minimum Gasteiger partial charge on any atom is -0.373 e. The molecule has 1 aliphatic rings. The third-order valence-corrected chi connectivity index (χ3v) is 1.91. The van der Waals surface area contributed by atoms with Gasteiger partial charge in [0.05, 0.1) is 11.7 Å². The molecule has 54 valence electrons. The van der Waals surface area contributed by atoms with E-state index in [2.05, 4.69) is 20.8 Å². The predicted molar refractivity (Wildman–Crippen MR) is 38.5 cm³/mol. The van der Waals surface area contributed by atoms with E-state index in [0.717, 1.165) is 0 Å². The Morgan fingerprint density at radius 3 is 2.44 bits per heavy atom. The zero-order valence-electron chi connectivity index (χ0n) is 6.61. The van der Waals surface area contributed by atoms with E-state index in [1.807, 2.05) is 0 Å². The van der Waals surface area contributed by atoms with Crippen molar-refractivity contribution in [3.8, 4) is 0 Å². The molecule has 0 bridgehead atoms. The second-order valence-electron chi connectivity index (χ2n) is 3.58. The van der Waals surface area contributed by atoms with Crippen molar-refractivity contribution in [3.63, 3.8) is 0 Å². The zero-order chi connectivity index (χ0) is 6.91. The Kier molecular flexibility index (Phi) is 1.80. The van der Waals surface area contributed by atoms with Gasteiger partial charge in [0.2, 0.25) is 0 Å². The first kappa shape index (κ1) is 7.07. The molecule has 0 aromatic rings. The van der Waals surface area contributed by atoms with E-state index in [4.69, 9.17) is 4.74 Å². The molecule has 0 aromatic carbocycles. The van der Waals surface area contributed by atoms with Gasteiger partial charge >= 0.3 is 0 Å². The van der Waals surface area contributed by atoms with Gasteiger partial charge in [-0.2, -0.15) is 0 Å². The molecule has 9 heavy (non-hydrogen) atoms. The lowest BCUT2D eigenvalue weighted by molar-refractivity contribution is -0.0979. The van der Waals surface area contributed by atoms with Gasteiger partial charge in [0.25, 0.3) is 0 Å². The second kappa shape index (κ2) is 2.30. The third-order valence-electron chi connectivity index (χ3n) is 1.91. The maximum Gasteiger partial charge on any atom is 0.0630 e. The van der Waals surface area contributed by atoms with Crippen LogP contribution in [0, 0.1) is 0 Å². The normalized spacial score (nSPS) is 34.3. The zero-order valence-corrected chi connectivity index (χ0v) is 6.61. The van der Waals surface area contributed by atoms with Crippen molar-refractivity contribution in [1.82, 2.24) is 0 Å². The molecule has 0 aromatic heterocycles. The Bertz CT molecular complexity index is 96.7. The van der Waals surface area contributed by atoms with Gasteiger partial charge < -0.3 is 4.74 Å². The van der Waals surface area contributed by atoms with Crippen LogP contribution in [0.3, 0.4) is 0 Å². The van der Waals surface area contributed by atoms with Gasteiger partial charge in [-0.25, -0.2) is 0 Å².